The fourth-order valence-electron chi connectivity index (χ4n) is 3.02. The maximum absolute atomic E-state index is 12.5. The third-order valence-electron chi connectivity index (χ3n) is 4.46. The van der Waals surface area contributed by atoms with E-state index in [1.807, 2.05) is 0 Å². The maximum atomic E-state index is 12.5. The van der Waals surface area contributed by atoms with Gasteiger partial charge in [0.1, 0.15) is 6.54 Å². The molecule has 0 aromatic heterocycles. The van der Waals surface area contributed by atoms with Crippen LogP contribution in [-0.4, -0.2) is 77.8 Å². The average Bonchev–Trinajstić information content (AvgIpc) is 2.87. The van der Waals surface area contributed by atoms with Gasteiger partial charge in [-0.25, -0.2) is 4.79 Å². The Hall–Kier alpha value is -2.32. The summed E-state index contributed by atoms with van der Waals surface area (Å²) in [5.41, 5.74) is 0.267. The minimum Gasteiger partial charge on any atom is -0.450 e. The number of piperazine rings is 1. The Kier molecular flexibility index (Phi) is 5.57. The molecule has 0 unspecified atom stereocenters. The van der Waals surface area contributed by atoms with E-state index >= 15 is 0 Å². The first kappa shape index (κ1) is 19.4. The van der Waals surface area contributed by atoms with E-state index in [1.165, 1.54) is 21.9 Å². The Morgan fingerprint density at radius 3 is 1.93 bits per heavy atom. The molecule has 1 aromatic rings. The fourth-order valence-corrected chi connectivity index (χ4v) is 3.34. The zero-order chi connectivity index (χ0) is 19.7. The molecule has 4 amide bonds. The lowest BCUT2D eigenvalue weighted by molar-refractivity contribution is -0.133. The van der Waals surface area contributed by atoms with Crippen LogP contribution in [0.5, 0.6) is 0 Å². The summed E-state index contributed by atoms with van der Waals surface area (Å²) in [5, 5.41) is 0.333. The minimum atomic E-state index is -0.577. The number of fused-ring (bicyclic) bond motifs is 1. The van der Waals surface area contributed by atoms with Crippen LogP contribution in [0.3, 0.4) is 0 Å². The molecule has 2 aliphatic rings. The van der Waals surface area contributed by atoms with Crippen LogP contribution < -0.4 is 0 Å². The second-order valence-corrected chi connectivity index (χ2v) is 6.89. The molecule has 2 heterocycles. The van der Waals surface area contributed by atoms with Crippen LogP contribution in [0.4, 0.5) is 4.79 Å². The maximum Gasteiger partial charge on any atom is 0.409 e. The molecule has 0 N–H and O–H groups in total. The van der Waals surface area contributed by atoms with Gasteiger partial charge in [0, 0.05) is 26.2 Å². The predicted molar refractivity (Wildman–Crippen MR) is 97.0 cm³/mol. The van der Waals surface area contributed by atoms with E-state index in [2.05, 4.69) is 0 Å². The Labute approximate surface area is 165 Å². The molecular formula is C17H17Cl2N3O5. The van der Waals surface area contributed by atoms with Gasteiger partial charge in [0.2, 0.25) is 5.91 Å². The average molecular weight is 414 g/mol. The number of carbonyl (C=O) groups is 4. The van der Waals surface area contributed by atoms with Crippen LogP contribution in [0.25, 0.3) is 0 Å². The van der Waals surface area contributed by atoms with Gasteiger partial charge in [-0.15, -0.1) is 0 Å². The van der Waals surface area contributed by atoms with Crippen molar-refractivity contribution in [2.45, 2.75) is 6.92 Å². The summed E-state index contributed by atoms with van der Waals surface area (Å²) in [7, 11) is 0. The van der Waals surface area contributed by atoms with E-state index in [-0.39, 0.29) is 40.2 Å². The zero-order valence-electron chi connectivity index (χ0n) is 14.5. The Bertz CT molecular complexity index is 780. The second-order valence-electron chi connectivity index (χ2n) is 6.08. The molecule has 2 aliphatic heterocycles. The Morgan fingerprint density at radius 1 is 0.963 bits per heavy atom. The quantitative estimate of drug-likeness (QED) is 0.706. The lowest BCUT2D eigenvalue weighted by Gasteiger charge is -2.34. The number of nitrogens with zero attached hydrogens (tertiary/aromatic N) is 3. The number of hydrogen-bond acceptors (Lipinski definition) is 5. The second kappa shape index (κ2) is 7.74. The third-order valence-corrected chi connectivity index (χ3v) is 5.19. The van der Waals surface area contributed by atoms with Crippen molar-refractivity contribution in [3.8, 4) is 0 Å². The summed E-state index contributed by atoms with van der Waals surface area (Å²) in [6, 6.07) is 2.67. The van der Waals surface area contributed by atoms with Crippen molar-refractivity contribution in [1.82, 2.24) is 14.7 Å². The molecule has 8 nitrogen and oxygen atoms in total. The molecule has 0 saturated carbocycles. The predicted octanol–water partition coefficient (Wildman–Crippen LogP) is 1.89. The van der Waals surface area contributed by atoms with E-state index in [1.54, 1.807) is 6.92 Å². The Balaban J connectivity index is 1.63. The summed E-state index contributed by atoms with van der Waals surface area (Å²) < 4.78 is 4.93. The summed E-state index contributed by atoms with van der Waals surface area (Å²) in [5.74, 6) is -1.52. The summed E-state index contributed by atoms with van der Waals surface area (Å²) in [6.07, 6.45) is -0.418. The highest BCUT2D eigenvalue weighted by Gasteiger charge is 2.38. The van der Waals surface area contributed by atoms with Crippen molar-refractivity contribution in [1.29, 1.82) is 0 Å². The van der Waals surface area contributed by atoms with Gasteiger partial charge >= 0.3 is 6.09 Å². The summed E-state index contributed by atoms with van der Waals surface area (Å²) >= 11 is 11.8. The van der Waals surface area contributed by atoms with Crippen molar-refractivity contribution in [3.63, 3.8) is 0 Å². The molecule has 1 fully saturated rings. The Morgan fingerprint density at radius 2 is 1.44 bits per heavy atom. The van der Waals surface area contributed by atoms with Crippen molar-refractivity contribution < 1.29 is 23.9 Å². The van der Waals surface area contributed by atoms with Gasteiger partial charge in [-0.3, -0.25) is 19.3 Å². The molecule has 10 heteroatoms. The number of carbonyl (C=O) groups excluding carboxylic acids is 4. The van der Waals surface area contributed by atoms with Gasteiger partial charge in [0.05, 0.1) is 27.8 Å². The first-order valence-electron chi connectivity index (χ1n) is 8.38. The van der Waals surface area contributed by atoms with Gasteiger partial charge in [0.15, 0.2) is 0 Å². The van der Waals surface area contributed by atoms with Crippen molar-refractivity contribution in [2.24, 2.45) is 0 Å². The van der Waals surface area contributed by atoms with Crippen LogP contribution in [0, 0.1) is 0 Å². The number of ether oxygens (including phenoxy) is 1. The number of imide groups is 1. The normalized spacial score (nSPS) is 16.6. The number of benzene rings is 1. The lowest BCUT2D eigenvalue weighted by atomic mass is 10.1. The number of hydrogen-bond donors (Lipinski definition) is 0. The van der Waals surface area contributed by atoms with Crippen LogP contribution in [-0.2, 0) is 9.53 Å². The first-order chi connectivity index (χ1) is 12.8. The molecule has 27 heavy (non-hydrogen) atoms. The zero-order valence-corrected chi connectivity index (χ0v) is 16.0. The van der Waals surface area contributed by atoms with E-state index < -0.39 is 17.9 Å². The summed E-state index contributed by atoms with van der Waals surface area (Å²) in [6.45, 7) is 2.90. The smallest absolute Gasteiger partial charge is 0.409 e. The van der Waals surface area contributed by atoms with Crippen LogP contribution in [0.2, 0.25) is 10.0 Å². The monoisotopic (exact) mass is 413 g/mol. The van der Waals surface area contributed by atoms with Gasteiger partial charge in [-0.2, -0.15) is 0 Å². The highest BCUT2D eigenvalue weighted by atomic mass is 35.5. The summed E-state index contributed by atoms with van der Waals surface area (Å²) in [4.78, 5) is 53.1. The van der Waals surface area contributed by atoms with E-state index in [4.69, 9.17) is 27.9 Å². The molecular weight excluding hydrogens is 397 g/mol. The van der Waals surface area contributed by atoms with Crippen LogP contribution in [0.15, 0.2) is 12.1 Å². The molecule has 1 saturated heterocycles. The topological polar surface area (TPSA) is 87.2 Å². The largest absolute Gasteiger partial charge is 0.450 e. The highest BCUT2D eigenvalue weighted by molar-refractivity contribution is 6.43. The van der Waals surface area contributed by atoms with E-state index in [9.17, 15) is 19.2 Å². The van der Waals surface area contributed by atoms with E-state index in [0.29, 0.717) is 26.2 Å². The van der Waals surface area contributed by atoms with Gasteiger partial charge in [0.25, 0.3) is 11.8 Å². The third kappa shape index (κ3) is 3.72. The highest BCUT2D eigenvalue weighted by Crippen LogP contribution is 2.31. The first-order valence-corrected chi connectivity index (χ1v) is 9.13. The molecule has 3 rings (SSSR count). The van der Waals surface area contributed by atoms with Gasteiger partial charge in [-0.1, -0.05) is 23.2 Å². The molecule has 0 radical (unpaired) electrons. The standard InChI is InChI=1S/C17H17Cl2N3O5/c1-2-27-17(26)21-5-3-20(4-6-21)14(23)9-22-15(24)10-7-12(18)13(19)8-11(10)16(22)25/h7-8H,2-6,9H2,1H3. The lowest BCUT2D eigenvalue weighted by Crippen LogP contribution is -2.53. The van der Waals surface area contributed by atoms with Gasteiger partial charge < -0.3 is 14.5 Å². The van der Waals surface area contributed by atoms with Crippen molar-refractivity contribution >= 4 is 47.0 Å². The van der Waals surface area contributed by atoms with Crippen molar-refractivity contribution in [2.75, 3.05) is 39.3 Å². The van der Waals surface area contributed by atoms with Crippen LogP contribution >= 0.6 is 23.2 Å². The number of halogens is 2. The SMILES string of the molecule is CCOC(=O)N1CCN(C(=O)CN2C(=O)c3cc(Cl)c(Cl)cc3C2=O)CC1. The molecule has 144 valence electrons. The molecule has 0 atom stereocenters. The van der Waals surface area contributed by atoms with Crippen LogP contribution in [0.1, 0.15) is 27.6 Å². The molecule has 1 aromatic carbocycles. The number of rotatable bonds is 3. The molecule has 0 aliphatic carbocycles. The van der Waals surface area contributed by atoms with Crippen molar-refractivity contribution in [3.05, 3.63) is 33.3 Å². The minimum absolute atomic E-state index is 0.134. The fraction of sp³-hybridized carbons (Fsp3) is 0.412. The van der Waals surface area contributed by atoms with E-state index in [0.717, 1.165) is 4.90 Å². The number of amides is 4. The molecule has 0 spiro atoms. The van der Waals surface area contributed by atoms with Gasteiger partial charge in [-0.05, 0) is 19.1 Å². The molecule has 0 bridgehead atoms.